The predicted molar refractivity (Wildman–Crippen MR) is 88.5 cm³/mol. The van der Waals surface area contributed by atoms with Crippen molar-refractivity contribution < 1.29 is 5.11 Å². The van der Waals surface area contributed by atoms with Gasteiger partial charge in [-0.2, -0.15) is 4.37 Å². The monoisotopic (exact) mass is 303 g/mol. The molecule has 4 nitrogen and oxygen atoms in total. The fourth-order valence-electron chi connectivity index (χ4n) is 2.94. The fourth-order valence-corrected chi connectivity index (χ4v) is 3.67. The smallest absolute Gasteiger partial charge is 0.147 e. The summed E-state index contributed by atoms with van der Waals surface area (Å²) in [6, 6.07) is 10.0. The van der Waals surface area contributed by atoms with Gasteiger partial charge in [0.1, 0.15) is 10.8 Å². The number of rotatable bonds is 4. The van der Waals surface area contributed by atoms with Gasteiger partial charge in [0.25, 0.3) is 0 Å². The van der Waals surface area contributed by atoms with Crippen LogP contribution in [0.2, 0.25) is 0 Å². The van der Waals surface area contributed by atoms with Crippen molar-refractivity contribution >= 4 is 22.4 Å². The minimum atomic E-state index is -0.592. The summed E-state index contributed by atoms with van der Waals surface area (Å²) in [6.07, 6.45) is 5.18. The number of aliphatic hydroxyl groups is 1. The normalized spacial score (nSPS) is 17.6. The van der Waals surface area contributed by atoms with Crippen LogP contribution in [0.4, 0.5) is 10.8 Å². The van der Waals surface area contributed by atoms with E-state index in [0.717, 1.165) is 41.8 Å². The molecule has 0 radical (unpaired) electrons. The van der Waals surface area contributed by atoms with Crippen molar-refractivity contribution in [1.29, 1.82) is 0 Å². The van der Waals surface area contributed by atoms with Gasteiger partial charge < -0.3 is 16.2 Å². The summed E-state index contributed by atoms with van der Waals surface area (Å²) < 4.78 is 4.25. The zero-order chi connectivity index (χ0) is 14.7. The number of aromatic nitrogens is 1. The van der Waals surface area contributed by atoms with Gasteiger partial charge in [-0.15, -0.1) is 0 Å². The molecule has 0 saturated heterocycles. The molecule has 5 heteroatoms. The maximum atomic E-state index is 10.6. The quantitative estimate of drug-likeness (QED) is 0.808. The maximum absolute atomic E-state index is 10.6. The van der Waals surface area contributed by atoms with Gasteiger partial charge in [0.05, 0.1) is 11.2 Å². The molecule has 0 unspecified atom stereocenters. The van der Waals surface area contributed by atoms with Crippen LogP contribution < -0.4 is 11.1 Å². The molecule has 0 bridgehead atoms. The first-order chi connectivity index (χ1) is 10.2. The van der Waals surface area contributed by atoms with Crippen molar-refractivity contribution in [2.45, 2.75) is 37.7 Å². The first-order valence-corrected chi connectivity index (χ1v) is 8.22. The highest BCUT2D eigenvalue weighted by molar-refractivity contribution is 7.11. The van der Waals surface area contributed by atoms with E-state index in [2.05, 4.69) is 9.69 Å². The van der Waals surface area contributed by atoms with Gasteiger partial charge in [-0.3, -0.25) is 0 Å². The van der Waals surface area contributed by atoms with Gasteiger partial charge in [0.15, 0.2) is 0 Å². The summed E-state index contributed by atoms with van der Waals surface area (Å²) in [4.78, 5) is 0. The zero-order valence-electron chi connectivity index (χ0n) is 12.0. The van der Waals surface area contributed by atoms with E-state index >= 15 is 0 Å². The van der Waals surface area contributed by atoms with Crippen molar-refractivity contribution in [3.63, 3.8) is 0 Å². The third-order valence-electron chi connectivity index (χ3n) is 4.14. The lowest BCUT2D eigenvalue weighted by Crippen LogP contribution is -2.38. The van der Waals surface area contributed by atoms with E-state index < -0.39 is 5.60 Å². The molecule has 4 N–H and O–H groups in total. The molecule has 1 aliphatic carbocycles. The highest BCUT2D eigenvalue weighted by Gasteiger charge is 2.29. The summed E-state index contributed by atoms with van der Waals surface area (Å²) in [5.74, 6) is 0.546. The second-order valence-electron chi connectivity index (χ2n) is 5.78. The summed E-state index contributed by atoms with van der Waals surface area (Å²) in [7, 11) is 0. The average Bonchev–Trinajstić information content (AvgIpc) is 2.88. The Hall–Kier alpha value is -1.59. The number of benzene rings is 1. The van der Waals surface area contributed by atoms with Crippen LogP contribution in [-0.2, 0) is 0 Å². The van der Waals surface area contributed by atoms with Gasteiger partial charge in [-0.05, 0) is 29.9 Å². The van der Waals surface area contributed by atoms with E-state index in [-0.39, 0.29) is 0 Å². The highest BCUT2D eigenvalue weighted by Crippen LogP contribution is 2.37. The topological polar surface area (TPSA) is 71.2 Å². The van der Waals surface area contributed by atoms with Crippen molar-refractivity contribution in [2.24, 2.45) is 0 Å². The largest absolute Gasteiger partial charge is 0.388 e. The van der Waals surface area contributed by atoms with Gasteiger partial charge in [0, 0.05) is 6.54 Å². The maximum Gasteiger partial charge on any atom is 0.147 e. The molecule has 1 aliphatic rings. The van der Waals surface area contributed by atoms with Gasteiger partial charge in [-0.1, -0.05) is 49.6 Å². The SMILES string of the molecule is Nc1nsc(NCC2(O)CCCCC2)c1-c1ccccc1. The van der Waals surface area contributed by atoms with Crippen LogP contribution in [0, 0.1) is 0 Å². The number of hydrogen-bond donors (Lipinski definition) is 3. The molecule has 0 atom stereocenters. The molecule has 0 amide bonds. The van der Waals surface area contributed by atoms with Crippen LogP contribution in [0.15, 0.2) is 30.3 Å². The van der Waals surface area contributed by atoms with Crippen molar-refractivity contribution in [1.82, 2.24) is 4.37 Å². The molecule has 112 valence electrons. The zero-order valence-corrected chi connectivity index (χ0v) is 12.8. The number of nitrogens with zero attached hydrogens (tertiary/aromatic N) is 1. The molecule has 21 heavy (non-hydrogen) atoms. The molecule has 2 aromatic rings. The van der Waals surface area contributed by atoms with E-state index in [0.29, 0.717) is 12.4 Å². The minimum Gasteiger partial charge on any atom is -0.388 e. The molecule has 1 fully saturated rings. The number of nitrogen functional groups attached to an aromatic ring is 1. The van der Waals surface area contributed by atoms with Crippen molar-refractivity contribution in [3.8, 4) is 11.1 Å². The first-order valence-electron chi connectivity index (χ1n) is 7.45. The predicted octanol–water partition coefficient (Wildman–Crippen LogP) is 3.50. The summed E-state index contributed by atoms with van der Waals surface area (Å²) in [6.45, 7) is 0.564. The Morgan fingerprint density at radius 1 is 1.19 bits per heavy atom. The number of anilines is 2. The molecule has 0 spiro atoms. The third kappa shape index (κ3) is 3.19. The molecule has 0 aliphatic heterocycles. The van der Waals surface area contributed by atoms with Gasteiger partial charge >= 0.3 is 0 Å². The van der Waals surface area contributed by atoms with Crippen LogP contribution in [-0.4, -0.2) is 21.6 Å². The number of nitrogens with one attached hydrogen (secondary N) is 1. The molecular weight excluding hydrogens is 282 g/mol. The Kier molecular flexibility index (Phi) is 4.12. The Morgan fingerprint density at radius 2 is 1.90 bits per heavy atom. The van der Waals surface area contributed by atoms with E-state index in [1.165, 1.54) is 18.0 Å². The molecule has 3 rings (SSSR count). The Balaban J connectivity index is 1.77. The summed E-state index contributed by atoms with van der Waals surface area (Å²) >= 11 is 1.36. The fraction of sp³-hybridized carbons (Fsp3) is 0.438. The Morgan fingerprint density at radius 3 is 2.62 bits per heavy atom. The lowest BCUT2D eigenvalue weighted by molar-refractivity contribution is 0.0168. The lowest BCUT2D eigenvalue weighted by Gasteiger charge is -2.32. The molecule has 1 aromatic carbocycles. The summed E-state index contributed by atoms with van der Waals surface area (Å²) in [5.41, 5.74) is 7.42. The van der Waals surface area contributed by atoms with Crippen molar-refractivity contribution in [2.75, 3.05) is 17.6 Å². The Bertz CT molecular complexity index is 591. The number of hydrogen-bond acceptors (Lipinski definition) is 5. The average molecular weight is 303 g/mol. The highest BCUT2D eigenvalue weighted by atomic mass is 32.1. The van der Waals surface area contributed by atoms with Gasteiger partial charge in [0.2, 0.25) is 0 Å². The third-order valence-corrected chi connectivity index (χ3v) is 4.96. The van der Waals surface area contributed by atoms with Crippen molar-refractivity contribution in [3.05, 3.63) is 30.3 Å². The molecule has 1 saturated carbocycles. The standard InChI is InChI=1S/C16H21N3OS/c17-14-13(12-7-3-1-4-8-12)15(21-19-14)18-11-16(20)9-5-2-6-10-16/h1,3-4,7-8,18,20H,2,5-6,9-11H2,(H2,17,19). The summed E-state index contributed by atoms with van der Waals surface area (Å²) in [5, 5.41) is 14.9. The van der Waals surface area contributed by atoms with Crippen LogP contribution in [0.5, 0.6) is 0 Å². The Labute approximate surface area is 129 Å². The second kappa shape index (κ2) is 6.03. The first kappa shape index (κ1) is 14.4. The van der Waals surface area contributed by atoms with Crippen LogP contribution in [0.1, 0.15) is 32.1 Å². The van der Waals surface area contributed by atoms with E-state index in [4.69, 9.17) is 5.73 Å². The van der Waals surface area contributed by atoms with Crippen LogP contribution in [0.25, 0.3) is 11.1 Å². The van der Waals surface area contributed by atoms with E-state index in [1.807, 2.05) is 30.3 Å². The molecule has 1 aromatic heterocycles. The minimum absolute atomic E-state index is 0.546. The molecule has 1 heterocycles. The van der Waals surface area contributed by atoms with E-state index in [1.54, 1.807) is 0 Å². The molecular formula is C16H21N3OS. The van der Waals surface area contributed by atoms with Gasteiger partial charge in [-0.25, -0.2) is 0 Å². The van der Waals surface area contributed by atoms with Crippen LogP contribution in [0.3, 0.4) is 0 Å². The van der Waals surface area contributed by atoms with E-state index in [9.17, 15) is 5.11 Å². The lowest BCUT2D eigenvalue weighted by atomic mass is 9.85. The second-order valence-corrected chi connectivity index (χ2v) is 6.55. The van der Waals surface area contributed by atoms with Crippen LogP contribution >= 0.6 is 11.5 Å². The number of nitrogens with two attached hydrogens (primary N) is 1.